The van der Waals surface area contributed by atoms with Crippen molar-refractivity contribution in [1.82, 2.24) is 9.97 Å². The lowest BCUT2D eigenvalue weighted by molar-refractivity contribution is 0.415. The summed E-state index contributed by atoms with van der Waals surface area (Å²) in [5, 5.41) is 8.19. The van der Waals surface area contributed by atoms with Gasteiger partial charge in [0.25, 0.3) is 0 Å². The van der Waals surface area contributed by atoms with Gasteiger partial charge in [-0.25, -0.2) is 4.98 Å². The van der Waals surface area contributed by atoms with Crippen LogP contribution in [0.5, 0.6) is 5.75 Å². The number of aromatic amines is 1. The molecule has 25 heavy (non-hydrogen) atoms. The highest BCUT2D eigenvalue weighted by Gasteiger charge is 2.05. The zero-order valence-electron chi connectivity index (χ0n) is 13.6. The molecule has 0 aliphatic heterocycles. The Bertz CT molecular complexity index is 1030. The Morgan fingerprint density at radius 3 is 3.04 bits per heavy atom. The Morgan fingerprint density at radius 1 is 1.20 bits per heavy atom. The number of nitrogens with one attached hydrogen (secondary N) is 2. The highest BCUT2D eigenvalue weighted by atomic mass is 32.1. The summed E-state index contributed by atoms with van der Waals surface area (Å²) in [7, 11) is 1.66. The third kappa shape index (κ3) is 3.25. The molecule has 0 spiro atoms. The molecule has 0 aliphatic carbocycles. The van der Waals surface area contributed by atoms with Crippen LogP contribution in [0, 0.1) is 0 Å². The summed E-state index contributed by atoms with van der Waals surface area (Å²) in [5.74, 6) is 0.817. The number of benzene rings is 2. The molecule has 0 amide bonds. The summed E-state index contributed by atoms with van der Waals surface area (Å²) in [4.78, 5) is 7.80. The fourth-order valence-electron chi connectivity index (χ4n) is 2.60. The third-order valence-corrected chi connectivity index (χ3v) is 4.60. The summed E-state index contributed by atoms with van der Waals surface area (Å²) in [6.45, 7) is 0. The van der Waals surface area contributed by atoms with E-state index in [2.05, 4.69) is 26.6 Å². The standard InChI is InChI=1S/C19H16N4OS/c1-24-15-6-4-5-13(9-15)18-12-25-19(22-18)23-21-11-14-10-20-17-8-3-2-7-16(14)17/h2-12,20H,1H3,(H,22,23)/b21-11-. The van der Waals surface area contributed by atoms with E-state index < -0.39 is 0 Å². The molecule has 2 heterocycles. The van der Waals surface area contributed by atoms with Crippen LogP contribution in [0.1, 0.15) is 5.56 Å². The monoisotopic (exact) mass is 348 g/mol. The number of fused-ring (bicyclic) bond motifs is 1. The van der Waals surface area contributed by atoms with Gasteiger partial charge in [0.1, 0.15) is 5.75 Å². The number of hydrogen-bond donors (Lipinski definition) is 2. The summed E-state index contributed by atoms with van der Waals surface area (Å²) in [6.07, 6.45) is 3.74. The molecule has 0 radical (unpaired) electrons. The van der Waals surface area contributed by atoms with E-state index in [0.717, 1.165) is 38.6 Å². The van der Waals surface area contributed by atoms with Gasteiger partial charge in [-0.3, -0.25) is 5.43 Å². The first kappa shape index (κ1) is 15.4. The predicted octanol–water partition coefficient (Wildman–Crippen LogP) is 4.75. The first-order valence-corrected chi connectivity index (χ1v) is 8.66. The fraction of sp³-hybridized carbons (Fsp3) is 0.0526. The Morgan fingerprint density at radius 2 is 2.12 bits per heavy atom. The van der Waals surface area contributed by atoms with E-state index in [1.165, 1.54) is 11.3 Å². The SMILES string of the molecule is COc1cccc(-c2csc(N/N=C\c3c[nH]c4ccccc34)n2)c1. The van der Waals surface area contributed by atoms with Gasteiger partial charge >= 0.3 is 0 Å². The maximum atomic E-state index is 5.26. The zero-order chi connectivity index (χ0) is 17.1. The van der Waals surface area contributed by atoms with E-state index in [1.807, 2.05) is 54.0 Å². The van der Waals surface area contributed by atoms with Gasteiger partial charge < -0.3 is 9.72 Å². The normalized spacial score (nSPS) is 11.2. The number of anilines is 1. The first-order chi connectivity index (χ1) is 12.3. The summed E-state index contributed by atoms with van der Waals surface area (Å²) in [6, 6.07) is 16.0. The van der Waals surface area contributed by atoms with Gasteiger partial charge in [0, 0.05) is 33.6 Å². The van der Waals surface area contributed by atoms with Gasteiger partial charge in [-0.05, 0) is 18.2 Å². The molecule has 2 N–H and O–H groups in total. The molecule has 2 aromatic heterocycles. The van der Waals surface area contributed by atoms with Crippen LogP contribution in [0.4, 0.5) is 5.13 Å². The van der Waals surface area contributed by atoms with Crippen LogP contribution in [-0.4, -0.2) is 23.3 Å². The van der Waals surface area contributed by atoms with Crippen molar-refractivity contribution in [3.63, 3.8) is 0 Å². The van der Waals surface area contributed by atoms with Crippen LogP contribution in [-0.2, 0) is 0 Å². The van der Waals surface area contributed by atoms with Gasteiger partial charge in [-0.15, -0.1) is 11.3 Å². The average molecular weight is 348 g/mol. The molecule has 124 valence electrons. The molecule has 0 aliphatic rings. The molecule has 5 nitrogen and oxygen atoms in total. The summed E-state index contributed by atoms with van der Waals surface area (Å²) in [5.41, 5.74) is 7.04. The van der Waals surface area contributed by atoms with Crippen LogP contribution in [0.25, 0.3) is 22.2 Å². The summed E-state index contributed by atoms with van der Waals surface area (Å²) >= 11 is 1.51. The minimum Gasteiger partial charge on any atom is -0.497 e. The highest BCUT2D eigenvalue weighted by Crippen LogP contribution is 2.27. The number of thiazole rings is 1. The van der Waals surface area contributed by atoms with Crippen LogP contribution < -0.4 is 10.2 Å². The van der Waals surface area contributed by atoms with Crippen molar-refractivity contribution in [1.29, 1.82) is 0 Å². The van der Waals surface area contributed by atoms with Crippen LogP contribution in [0.2, 0.25) is 0 Å². The Labute approximate surface area is 149 Å². The number of rotatable bonds is 5. The average Bonchev–Trinajstić information content (AvgIpc) is 3.29. The molecule has 0 unspecified atom stereocenters. The molecule has 0 fully saturated rings. The van der Waals surface area contributed by atoms with Gasteiger partial charge in [0.2, 0.25) is 5.13 Å². The zero-order valence-corrected chi connectivity index (χ0v) is 14.4. The molecular formula is C19H16N4OS. The lowest BCUT2D eigenvalue weighted by atomic mass is 10.2. The molecule has 0 bridgehead atoms. The van der Waals surface area contributed by atoms with E-state index in [-0.39, 0.29) is 0 Å². The Kier molecular flexibility index (Phi) is 4.18. The minimum atomic E-state index is 0.744. The van der Waals surface area contributed by atoms with Gasteiger partial charge in [-0.1, -0.05) is 30.3 Å². The van der Waals surface area contributed by atoms with Crippen molar-refractivity contribution in [2.75, 3.05) is 12.5 Å². The molecule has 4 aromatic rings. The number of methoxy groups -OCH3 is 1. The van der Waals surface area contributed by atoms with Gasteiger partial charge in [0.05, 0.1) is 19.0 Å². The quantitative estimate of drug-likeness (QED) is 0.404. The Balaban J connectivity index is 1.49. The number of nitrogens with zero attached hydrogens (tertiary/aromatic N) is 2. The molecule has 6 heteroatoms. The number of hydrazone groups is 1. The number of aromatic nitrogens is 2. The third-order valence-electron chi connectivity index (χ3n) is 3.85. The second-order valence-electron chi connectivity index (χ2n) is 5.43. The van der Waals surface area contributed by atoms with Crippen molar-refractivity contribution in [3.05, 3.63) is 65.7 Å². The largest absolute Gasteiger partial charge is 0.497 e. The molecular weight excluding hydrogens is 332 g/mol. The van der Waals surface area contributed by atoms with Crippen LogP contribution >= 0.6 is 11.3 Å². The van der Waals surface area contributed by atoms with Crippen molar-refractivity contribution >= 4 is 33.6 Å². The number of para-hydroxylation sites is 1. The highest BCUT2D eigenvalue weighted by molar-refractivity contribution is 7.14. The first-order valence-electron chi connectivity index (χ1n) is 7.78. The topological polar surface area (TPSA) is 62.3 Å². The molecule has 2 aromatic carbocycles. The Hall–Kier alpha value is -3.12. The second-order valence-corrected chi connectivity index (χ2v) is 6.29. The summed E-state index contributed by atoms with van der Waals surface area (Å²) < 4.78 is 5.26. The van der Waals surface area contributed by atoms with E-state index in [4.69, 9.17) is 4.74 Å². The molecule has 0 saturated heterocycles. The second kappa shape index (κ2) is 6.78. The lowest BCUT2D eigenvalue weighted by Gasteiger charge is -2.01. The van der Waals surface area contributed by atoms with Gasteiger partial charge in [0.15, 0.2) is 0 Å². The minimum absolute atomic E-state index is 0.744. The van der Waals surface area contributed by atoms with Gasteiger partial charge in [-0.2, -0.15) is 5.10 Å². The smallest absolute Gasteiger partial charge is 0.203 e. The molecule has 0 saturated carbocycles. The van der Waals surface area contributed by atoms with E-state index >= 15 is 0 Å². The van der Waals surface area contributed by atoms with Crippen molar-refractivity contribution < 1.29 is 4.74 Å². The fourth-order valence-corrected chi connectivity index (χ4v) is 3.27. The van der Waals surface area contributed by atoms with Crippen LogP contribution in [0.3, 0.4) is 0 Å². The van der Waals surface area contributed by atoms with E-state index in [1.54, 1.807) is 13.3 Å². The molecule has 4 rings (SSSR count). The maximum Gasteiger partial charge on any atom is 0.203 e. The van der Waals surface area contributed by atoms with Crippen LogP contribution in [0.15, 0.2) is 65.2 Å². The number of H-pyrrole nitrogens is 1. The number of hydrogen-bond acceptors (Lipinski definition) is 5. The van der Waals surface area contributed by atoms with Crippen molar-refractivity contribution in [3.8, 4) is 17.0 Å². The maximum absolute atomic E-state index is 5.26. The van der Waals surface area contributed by atoms with E-state index in [9.17, 15) is 0 Å². The number of ether oxygens (including phenoxy) is 1. The van der Waals surface area contributed by atoms with E-state index in [0.29, 0.717) is 0 Å². The lowest BCUT2D eigenvalue weighted by Crippen LogP contribution is -1.90. The van der Waals surface area contributed by atoms with Crippen molar-refractivity contribution in [2.24, 2.45) is 5.10 Å². The predicted molar refractivity (Wildman–Crippen MR) is 104 cm³/mol. The molecule has 0 atom stereocenters. The van der Waals surface area contributed by atoms with Crippen molar-refractivity contribution in [2.45, 2.75) is 0 Å².